The summed E-state index contributed by atoms with van der Waals surface area (Å²) in [7, 11) is 0. The molecule has 2 rings (SSSR count). The molecule has 0 aliphatic rings. The van der Waals surface area contributed by atoms with Gasteiger partial charge >= 0.3 is 0 Å². The first-order valence-corrected chi connectivity index (χ1v) is 11.0. The van der Waals surface area contributed by atoms with Crippen molar-refractivity contribution in [2.24, 2.45) is 5.10 Å². The fraction of sp³-hybridized carbons (Fsp3) is 0.440. The molecule has 0 saturated heterocycles. The Hall–Kier alpha value is -2.82. The fourth-order valence-electron chi connectivity index (χ4n) is 2.88. The predicted octanol–water partition coefficient (Wildman–Crippen LogP) is 5.52. The fourth-order valence-corrected chi connectivity index (χ4v) is 2.88. The molecule has 0 fully saturated rings. The Balaban J connectivity index is 1.67. The molecule has 2 aromatic rings. The Morgan fingerprint density at radius 2 is 1.50 bits per heavy atom. The molecule has 0 aromatic heterocycles. The zero-order valence-electron chi connectivity index (χ0n) is 18.2. The van der Waals surface area contributed by atoms with Crippen molar-refractivity contribution < 1.29 is 14.3 Å². The molecule has 5 heteroatoms. The van der Waals surface area contributed by atoms with Gasteiger partial charge in [0.05, 0.1) is 12.8 Å². The summed E-state index contributed by atoms with van der Waals surface area (Å²) in [5, 5.41) is 3.98. The van der Waals surface area contributed by atoms with Crippen LogP contribution >= 0.6 is 0 Å². The average Bonchev–Trinajstić information content (AvgIpc) is 2.77. The van der Waals surface area contributed by atoms with E-state index in [9.17, 15) is 4.79 Å². The van der Waals surface area contributed by atoms with Crippen molar-refractivity contribution in [3.63, 3.8) is 0 Å². The smallest absolute Gasteiger partial charge is 0.277 e. The predicted molar refractivity (Wildman–Crippen MR) is 122 cm³/mol. The van der Waals surface area contributed by atoms with E-state index < -0.39 is 0 Å². The van der Waals surface area contributed by atoms with E-state index in [1.54, 1.807) is 6.21 Å². The van der Waals surface area contributed by atoms with E-state index in [2.05, 4.69) is 36.5 Å². The summed E-state index contributed by atoms with van der Waals surface area (Å²) < 4.78 is 11.2. The molecule has 162 valence electrons. The van der Waals surface area contributed by atoms with Crippen molar-refractivity contribution in [3.8, 4) is 11.5 Å². The largest absolute Gasteiger partial charge is 0.494 e. The number of nitrogens with one attached hydrogen (secondary N) is 1. The van der Waals surface area contributed by atoms with E-state index in [0.29, 0.717) is 5.75 Å². The first-order valence-electron chi connectivity index (χ1n) is 11.0. The van der Waals surface area contributed by atoms with Crippen molar-refractivity contribution >= 4 is 12.1 Å². The van der Waals surface area contributed by atoms with Crippen LogP contribution in [0, 0.1) is 0 Å². The minimum absolute atomic E-state index is 0.0724. The van der Waals surface area contributed by atoms with Crippen LogP contribution in [0.15, 0.2) is 53.6 Å². The third-order valence-electron chi connectivity index (χ3n) is 4.66. The van der Waals surface area contributed by atoms with Crippen LogP contribution in [-0.4, -0.2) is 25.3 Å². The molecular formula is C25H34N2O3. The average molecular weight is 411 g/mol. The Morgan fingerprint density at radius 1 is 0.867 bits per heavy atom. The number of rotatable bonds is 14. The van der Waals surface area contributed by atoms with Gasteiger partial charge in [0.2, 0.25) is 0 Å². The molecule has 0 unspecified atom stereocenters. The number of carbonyl (C=O) groups is 1. The van der Waals surface area contributed by atoms with Gasteiger partial charge in [-0.25, -0.2) is 5.43 Å². The second-order valence-electron chi connectivity index (χ2n) is 7.31. The second kappa shape index (κ2) is 14.2. The van der Waals surface area contributed by atoms with E-state index >= 15 is 0 Å². The highest BCUT2D eigenvalue weighted by Gasteiger charge is 2.02. The number of nitrogens with zero attached hydrogens (tertiary/aromatic N) is 1. The zero-order chi connectivity index (χ0) is 21.4. The Kier molecular flexibility index (Phi) is 11.1. The third kappa shape index (κ3) is 9.59. The highest BCUT2D eigenvalue weighted by molar-refractivity contribution is 5.83. The maximum atomic E-state index is 11.9. The van der Waals surface area contributed by atoms with Crippen molar-refractivity contribution in [1.82, 2.24) is 5.43 Å². The minimum Gasteiger partial charge on any atom is -0.494 e. The van der Waals surface area contributed by atoms with Gasteiger partial charge in [-0.15, -0.1) is 0 Å². The van der Waals surface area contributed by atoms with Crippen LogP contribution in [0.3, 0.4) is 0 Å². The molecule has 0 aliphatic carbocycles. The Labute approximate surface area is 180 Å². The lowest BCUT2D eigenvalue weighted by molar-refractivity contribution is -0.123. The molecule has 0 atom stereocenters. The van der Waals surface area contributed by atoms with Gasteiger partial charge in [-0.3, -0.25) is 4.79 Å². The molecule has 1 amide bonds. The number of aryl methyl sites for hydroxylation is 1. The molecule has 0 radical (unpaired) electrons. The molecule has 30 heavy (non-hydrogen) atoms. The lowest BCUT2D eigenvalue weighted by Gasteiger charge is -2.07. The number of unbranched alkanes of at least 4 members (excludes halogenated alkanes) is 4. The van der Waals surface area contributed by atoms with Crippen molar-refractivity contribution in [3.05, 3.63) is 59.7 Å². The number of hydrogen-bond acceptors (Lipinski definition) is 4. The highest BCUT2D eigenvalue weighted by Crippen LogP contribution is 2.14. The summed E-state index contributed by atoms with van der Waals surface area (Å²) in [4.78, 5) is 11.9. The second-order valence-corrected chi connectivity index (χ2v) is 7.31. The van der Waals surface area contributed by atoms with Gasteiger partial charge in [0.25, 0.3) is 5.91 Å². The van der Waals surface area contributed by atoms with E-state index in [4.69, 9.17) is 9.47 Å². The Morgan fingerprint density at radius 3 is 2.20 bits per heavy atom. The van der Waals surface area contributed by atoms with Gasteiger partial charge in [0.1, 0.15) is 11.5 Å². The minimum atomic E-state index is -0.297. The van der Waals surface area contributed by atoms with Crippen molar-refractivity contribution in [2.45, 2.75) is 58.8 Å². The highest BCUT2D eigenvalue weighted by atomic mass is 16.5. The first-order chi connectivity index (χ1) is 14.7. The van der Waals surface area contributed by atoms with Crippen LogP contribution in [0.1, 0.15) is 63.5 Å². The van der Waals surface area contributed by atoms with Crippen LogP contribution in [0.2, 0.25) is 0 Å². The van der Waals surface area contributed by atoms with E-state index in [1.807, 2.05) is 36.4 Å². The summed E-state index contributed by atoms with van der Waals surface area (Å²) in [6.45, 7) is 5.04. The molecule has 0 bridgehead atoms. The Bertz CT molecular complexity index is 755. The standard InChI is InChI=1S/C25H34N2O3/c1-3-5-7-9-21-10-14-24(15-11-21)30-20-25(28)27-26-19-22-12-16-23(17-13-22)29-18-8-6-4-2/h10-17,19H,3-9,18,20H2,1-2H3,(H,27,28)/b26-19-. The molecule has 0 spiro atoms. The van der Waals surface area contributed by atoms with Crippen LogP contribution in [-0.2, 0) is 11.2 Å². The zero-order valence-corrected chi connectivity index (χ0v) is 18.2. The topological polar surface area (TPSA) is 59.9 Å². The van der Waals surface area contributed by atoms with Gasteiger partial charge in [-0.1, -0.05) is 51.7 Å². The molecule has 0 saturated carbocycles. The maximum absolute atomic E-state index is 11.9. The van der Waals surface area contributed by atoms with Gasteiger partial charge in [0.15, 0.2) is 6.61 Å². The lowest BCUT2D eigenvalue weighted by Crippen LogP contribution is -2.24. The van der Waals surface area contributed by atoms with Gasteiger partial charge in [-0.2, -0.15) is 5.10 Å². The first kappa shape index (κ1) is 23.5. The number of hydrogen-bond donors (Lipinski definition) is 1. The van der Waals surface area contributed by atoms with Crippen molar-refractivity contribution in [2.75, 3.05) is 13.2 Å². The van der Waals surface area contributed by atoms with E-state index in [1.165, 1.54) is 37.7 Å². The normalized spacial score (nSPS) is 10.9. The summed E-state index contributed by atoms with van der Waals surface area (Å²) in [5.41, 5.74) is 4.66. The van der Waals surface area contributed by atoms with Crippen LogP contribution in [0.4, 0.5) is 0 Å². The van der Waals surface area contributed by atoms with Gasteiger partial charge in [0, 0.05) is 0 Å². The number of benzene rings is 2. The molecule has 0 aliphatic heterocycles. The van der Waals surface area contributed by atoms with Gasteiger partial charge in [-0.05, 0) is 66.8 Å². The van der Waals surface area contributed by atoms with E-state index in [-0.39, 0.29) is 12.5 Å². The SMILES string of the molecule is CCCCCOc1ccc(/C=N\NC(=O)COc2ccc(CCCCC)cc2)cc1. The van der Waals surface area contributed by atoms with Crippen LogP contribution in [0.25, 0.3) is 0 Å². The van der Waals surface area contributed by atoms with Gasteiger partial charge < -0.3 is 9.47 Å². The maximum Gasteiger partial charge on any atom is 0.277 e. The van der Waals surface area contributed by atoms with Crippen LogP contribution in [0.5, 0.6) is 11.5 Å². The summed E-state index contributed by atoms with van der Waals surface area (Å²) >= 11 is 0. The molecular weight excluding hydrogens is 376 g/mol. The van der Waals surface area contributed by atoms with E-state index in [0.717, 1.165) is 30.8 Å². The molecule has 1 N–H and O–H groups in total. The number of ether oxygens (including phenoxy) is 2. The lowest BCUT2D eigenvalue weighted by atomic mass is 10.1. The molecule has 5 nitrogen and oxygen atoms in total. The number of hydrazone groups is 1. The monoisotopic (exact) mass is 410 g/mol. The number of amides is 1. The third-order valence-corrected chi connectivity index (χ3v) is 4.66. The quantitative estimate of drug-likeness (QED) is 0.253. The summed E-state index contributed by atoms with van der Waals surface area (Å²) in [6, 6.07) is 15.5. The van der Waals surface area contributed by atoms with Crippen molar-refractivity contribution in [1.29, 1.82) is 0 Å². The number of carbonyl (C=O) groups excluding carboxylic acids is 1. The molecule has 0 heterocycles. The molecule has 2 aromatic carbocycles. The van der Waals surface area contributed by atoms with Crippen LogP contribution < -0.4 is 14.9 Å². The summed E-state index contributed by atoms with van der Waals surface area (Å²) in [5.74, 6) is 1.23. The summed E-state index contributed by atoms with van der Waals surface area (Å²) in [6.07, 6.45) is 9.77.